The van der Waals surface area contributed by atoms with Crippen LogP contribution in [0.4, 0.5) is 0 Å². The predicted molar refractivity (Wildman–Crippen MR) is 93.4 cm³/mol. The number of tetrazole rings is 1. The highest BCUT2D eigenvalue weighted by molar-refractivity contribution is 9.10. The summed E-state index contributed by atoms with van der Waals surface area (Å²) in [5, 5.41) is 11.0. The Morgan fingerprint density at radius 1 is 1.19 bits per heavy atom. The highest BCUT2D eigenvalue weighted by Crippen LogP contribution is 2.35. The Balaban J connectivity index is 1.48. The molecule has 0 N–H and O–H groups in total. The molecule has 2 aromatic carbocycles. The summed E-state index contributed by atoms with van der Waals surface area (Å²) in [7, 11) is 0. The predicted octanol–water partition coefficient (Wildman–Crippen LogP) is 2.55. The number of hydrogen-bond donors (Lipinski definition) is 0. The van der Waals surface area contributed by atoms with Gasteiger partial charge < -0.3 is 14.2 Å². The zero-order valence-corrected chi connectivity index (χ0v) is 15.0. The molecule has 1 aromatic heterocycles. The summed E-state index contributed by atoms with van der Waals surface area (Å²) in [6.07, 6.45) is 1.46. The second kappa shape index (κ2) is 7.12. The summed E-state index contributed by atoms with van der Waals surface area (Å²) >= 11 is 3.47. The molecule has 0 amide bonds. The molecule has 0 fully saturated rings. The van der Waals surface area contributed by atoms with Gasteiger partial charge in [-0.2, -0.15) is 0 Å². The first kappa shape index (κ1) is 16.5. The van der Waals surface area contributed by atoms with Crippen LogP contribution in [0.15, 0.2) is 47.2 Å². The molecule has 0 spiro atoms. The second-order valence-corrected chi connectivity index (χ2v) is 6.32. The van der Waals surface area contributed by atoms with Crippen molar-refractivity contribution in [2.75, 3.05) is 13.2 Å². The minimum Gasteiger partial charge on any atom is -0.486 e. The van der Waals surface area contributed by atoms with Crippen LogP contribution in [0.2, 0.25) is 0 Å². The van der Waals surface area contributed by atoms with Crippen LogP contribution in [0.1, 0.15) is 15.9 Å². The molecule has 0 aliphatic carbocycles. The van der Waals surface area contributed by atoms with E-state index in [0.29, 0.717) is 36.0 Å². The molecule has 9 heteroatoms. The number of esters is 1. The smallest absolute Gasteiger partial charge is 0.338 e. The van der Waals surface area contributed by atoms with Crippen LogP contribution < -0.4 is 9.47 Å². The van der Waals surface area contributed by atoms with Crippen molar-refractivity contribution >= 4 is 21.9 Å². The lowest BCUT2D eigenvalue weighted by molar-refractivity contribution is 0.0471. The normalized spacial score (nSPS) is 12.7. The van der Waals surface area contributed by atoms with Gasteiger partial charge in [0.05, 0.1) is 11.3 Å². The van der Waals surface area contributed by atoms with Gasteiger partial charge >= 0.3 is 5.97 Å². The summed E-state index contributed by atoms with van der Waals surface area (Å²) in [5.74, 6) is 0.875. The fraction of sp³-hybridized carbons (Fsp3) is 0.176. The average molecular weight is 417 g/mol. The number of benzene rings is 2. The van der Waals surface area contributed by atoms with Crippen molar-refractivity contribution in [3.63, 3.8) is 0 Å². The van der Waals surface area contributed by atoms with Gasteiger partial charge in [-0.3, -0.25) is 0 Å². The summed E-state index contributed by atoms with van der Waals surface area (Å²) < 4.78 is 18.8. The summed E-state index contributed by atoms with van der Waals surface area (Å²) in [6, 6.07) is 10.5. The molecule has 26 heavy (non-hydrogen) atoms. The molecular formula is C17H13BrN4O4. The van der Waals surface area contributed by atoms with E-state index >= 15 is 0 Å². The lowest BCUT2D eigenvalue weighted by Crippen LogP contribution is -2.15. The number of carbonyl (C=O) groups is 1. The number of rotatable bonds is 4. The van der Waals surface area contributed by atoms with E-state index in [1.165, 1.54) is 11.0 Å². The zero-order chi connectivity index (χ0) is 17.9. The summed E-state index contributed by atoms with van der Waals surface area (Å²) in [4.78, 5) is 12.4. The molecule has 0 saturated heterocycles. The Morgan fingerprint density at radius 3 is 2.77 bits per heavy atom. The number of halogens is 1. The largest absolute Gasteiger partial charge is 0.486 e. The van der Waals surface area contributed by atoms with E-state index in [1.807, 2.05) is 12.1 Å². The van der Waals surface area contributed by atoms with Gasteiger partial charge in [0.1, 0.15) is 26.1 Å². The maximum atomic E-state index is 12.4. The minimum atomic E-state index is -0.443. The lowest BCUT2D eigenvalue weighted by atomic mass is 10.2. The molecule has 0 radical (unpaired) electrons. The minimum absolute atomic E-state index is 0.102. The molecule has 0 atom stereocenters. The third-order valence-corrected chi connectivity index (χ3v) is 4.50. The summed E-state index contributed by atoms with van der Waals surface area (Å²) in [6.45, 7) is 1.12. The highest BCUT2D eigenvalue weighted by Gasteiger charge is 2.16. The Labute approximate surface area is 156 Å². The Hall–Kier alpha value is -2.94. The van der Waals surface area contributed by atoms with Gasteiger partial charge in [0.25, 0.3) is 0 Å². The summed E-state index contributed by atoms with van der Waals surface area (Å²) in [5.41, 5.74) is 1.87. The average Bonchev–Trinajstić information content (AvgIpc) is 3.21. The maximum Gasteiger partial charge on any atom is 0.338 e. The van der Waals surface area contributed by atoms with Crippen LogP contribution in [0.5, 0.6) is 11.5 Å². The van der Waals surface area contributed by atoms with Crippen molar-refractivity contribution in [2.24, 2.45) is 0 Å². The van der Waals surface area contributed by atoms with E-state index in [9.17, 15) is 4.79 Å². The third kappa shape index (κ3) is 3.38. The molecular weight excluding hydrogens is 404 g/mol. The molecule has 0 saturated carbocycles. The fourth-order valence-electron chi connectivity index (χ4n) is 2.50. The fourth-order valence-corrected chi connectivity index (χ4v) is 2.94. The van der Waals surface area contributed by atoms with Gasteiger partial charge in [0, 0.05) is 10.0 Å². The van der Waals surface area contributed by atoms with Crippen LogP contribution in [-0.2, 0) is 11.3 Å². The van der Waals surface area contributed by atoms with Crippen LogP contribution >= 0.6 is 15.9 Å². The monoisotopic (exact) mass is 416 g/mol. The van der Waals surface area contributed by atoms with Gasteiger partial charge in [-0.25, -0.2) is 9.48 Å². The van der Waals surface area contributed by atoms with Crippen LogP contribution in [-0.4, -0.2) is 39.4 Å². The zero-order valence-electron chi connectivity index (χ0n) is 13.5. The van der Waals surface area contributed by atoms with Crippen LogP contribution in [0, 0.1) is 0 Å². The molecule has 4 rings (SSSR count). The first-order valence-electron chi connectivity index (χ1n) is 7.79. The van der Waals surface area contributed by atoms with Crippen molar-refractivity contribution in [1.82, 2.24) is 20.2 Å². The Bertz CT molecular complexity index is 946. The molecule has 0 bridgehead atoms. The van der Waals surface area contributed by atoms with Gasteiger partial charge in [-0.05, 0) is 40.8 Å². The number of ether oxygens (including phenoxy) is 3. The van der Waals surface area contributed by atoms with E-state index < -0.39 is 5.97 Å². The van der Waals surface area contributed by atoms with Crippen molar-refractivity contribution < 1.29 is 19.0 Å². The third-order valence-electron chi connectivity index (χ3n) is 3.77. The maximum absolute atomic E-state index is 12.4. The Kier molecular flexibility index (Phi) is 4.53. The molecule has 1 aliphatic heterocycles. The topological polar surface area (TPSA) is 88.4 Å². The van der Waals surface area contributed by atoms with Gasteiger partial charge in [-0.1, -0.05) is 22.0 Å². The van der Waals surface area contributed by atoms with E-state index in [0.717, 1.165) is 10.0 Å². The first-order valence-corrected chi connectivity index (χ1v) is 8.58. The molecule has 2 heterocycles. The molecule has 3 aromatic rings. The lowest BCUT2D eigenvalue weighted by Gasteiger charge is -2.19. The quantitative estimate of drug-likeness (QED) is 0.603. The molecule has 0 unspecified atom stereocenters. The van der Waals surface area contributed by atoms with Crippen molar-refractivity contribution in [3.8, 4) is 17.2 Å². The van der Waals surface area contributed by atoms with Crippen LogP contribution in [0.3, 0.4) is 0 Å². The number of fused-ring (bicyclic) bond motifs is 1. The van der Waals surface area contributed by atoms with Crippen molar-refractivity contribution in [3.05, 3.63) is 58.3 Å². The van der Waals surface area contributed by atoms with Crippen molar-refractivity contribution in [1.29, 1.82) is 0 Å². The van der Waals surface area contributed by atoms with E-state index in [4.69, 9.17) is 14.2 Å². The van der Waals surface area contributed by atoms with Gasteiger partial charge in [-0.15, -0.1) is 5.10 Å². The number of hydrogen-bond acceptors (Lipinski definition) is 7. The van der Waals surface area contributed by atoms with E-state index in [2.05, 4.69) is 31.5 Å². The van der Waals surface area contributed by atoms with Crippen LogP contribution in [0.25, 0.3) is 5.69 Å². The standard InChI is InChI=1S/C17H13BrN4O4/c18-14-8-16-15(24-4-5-25-16)7-12(14)9-26-17(23)11-2-1-3-13(6-11)22-10-19-20-21-22/h1-3,6-8,10H,4-5,9H2. The first-order chi connectivity index (χ1) is 12.7. The van der Waals surface area contributed by atoms with Gasteiger partial charge in [0.15, 0.2) is 11.5 Å². The Morgan fingerprint density at radius 2 is 2.00 bits per heavy atom. The molecule has 132 valence electrons. The van der Waals surface area contributed by atoms with Crippen molar-refractivity contribution in [2.45, 2.75) is 6.61 Å². The number of nitrogens with zero attached hydrogens (tertiary/aromatic N) is 4. The van der Waals surface area contributed by atoms with Gasteiger partial charge in [0.2, 0.25) is 0 Å². The molecule has 8 nitrogen and oxygen atoms in total. The molecule has 1 aliphatic rings. The highest BCUT2D eigenvalue weighted by atomic mass is 79.9. The number of carbonyl (C=O) groups excluding carboxylic acids is 1. The second-order valence-electron chi connectivity index (χ2n) is 5.47. The van der Waals surface area contributed by atoms with E-state index in [-0.39, 0.29) is 6.61 Å². The number of aromatic nitrogens is 4. The van der Waals surface area contributed by atoms with E-state index in [1.54, 1.807) is 24.3 Å². The SMILES string of the molecule is O=C(OCc1cc2c(cc1Br)OCCO2)c1cccc(-n2cnnn2)c1.